The molecule has 1 heterocycles. The van der Waals surface area contributed by atoms with Crippen molar-refractivity contribution in [3.8, 4) is 5.75 Å². The van der Waals surface area contributed by atoms with Gasteiger partial charge in [-0.3, -0.25) is 4.31 Å². The molecule has 3 aromatic rings. The molecule has 1 N–H and O–H groups in total. The van der Waals surface area contributed by atoms with Crippen LogP contribution in [-0.4, -0.2) is 60.6 Å². The number of sulfonamides is 1. The van der Waals surface area contributed by atoms with Crippen LogP contribution in [0.25, 0.3) is 0 Å². The molecule has 0 fully saturated rings. The Hall–Kier alpha value is -1.91. The van der Waals surface area contributed by atoms with Gasteiger partial charge in [-0.1, -0.05) is 26.0 Å². The predicted molar refractivity (Wildman–Crippen MR) is 138 cm³/mol. The largest absolute Gasteiger partial charge is 0.487 e. The average molecular weight is 524 g/mol. The summed E-state index contributed by atoms with van der Waals surface area (Å²) in [6.45, 7) is 6.23. The second-order valence-electron chi connectivity index (χ2n) is 8.92. The maximum Gasteiger partial charge on any atom is 0.335 e. The van der Waals surface area contributed by atoms with Gasteiger partial charge >= 0.3 is 5.97 Å². The Labute approximate surface area is 232 Å². The zero-order valence-corrected chi connectivity index (χ0v) is 24.1. The third-order valence-corrected chi connectivity index (χ3v) is 8.81. The van der Waals surface area contributed by atoms with Gasteiger partial charge in [-0.25, -0.2) is 9.78 Å². The Bertz CT molecular complexity index is 1300. The Balaban J connectivity index is 0.00000342. The molecule has 0 saturated carbocycles. The van der Waals surface area contributed by atoms with Gasteiger partial charge in [0.1, 0.15) is 12.4 Å². The number of carbonyl (C=O) groups is 1. The van der Waals surface area contributed by atoms with E-state index in [2.05, 4.69) is 4.98 Å². The van der Waals surface area contributed by atoms with E-state index in [9.17, 15) is 13.2 Å². The number of hydrogen-bond acceptors (Lipinski definition) is 6. The van der Waals surface area contributed by atoms with Crippen LogP contribution in [0, 0.1) is 12.8 Å². The minimum atomic E-state index is -3.87. The average Bonchev–Trinajstić information content (AvgIpc) is 3.44. The number of aryl methyl sites for hydroxylation is 3. The minimum absolute atomic E-state index is 0. The molecule has 0 spiro atoms. The fraction of sp³-hybridized carbons (Fsp3) is 0.360. The minimum Gasteiger partial charge on any atom is -0.487 e. The van der Waals surface area contributed by atoms with Gasteiger partial charge in [0.05, 0.1) is 11.3 Å². The van der Waals surface area contributed by atoms with Gasteiger partial charge in [0.2, 0.25) is 4.34 Å². The smallest absolute Gasteiger partial charge is 0.335 e. The maximum atomic E-state index is 13.7. The van der Waals surface area contributed by atoms with Crippen LogP contribution >= 0.6 is 11.3 Å². The molecule has 1 aromatic heterocycles. The van der Waals surface area contributed by atoms with Crippen LogP contribution < -0.4 is 9.04 Å². The van der Waals surface area contributed by atoms with Crippen molar-refractivity contribution in [2.45, 2.75) is 51.0 Å². The van der Waals surface area contributed by atoms with Gasteiger partial charge in [0.25, 0.3) is 10.0 Å². The molecule has 7 nitrogen and oxygen atoms in total. The third-order valence-electron chi connectivity index (χ3n) is 5.68. The van der Waals surface area contributed by atoms with E-state index in [-0.39, 0.29) is 52.0 Å². The number of thiazole rings is 1. The number of benzene rings is 2. The van der Waals surface area contributed by atoms with E-state index >= 15 is 0 Å². The van der Waals surface area contributed by atoms with Gasteiger partial charge in [-0.2, -0.15) is 8.42 Å². The molecule has 2 aromatic carbocycles. The first-order valence-corrected chi connectivity index (χ1v) is 13.5. The second-order valence-corrected chi connectivity index (χ2v) is 11.8. The maximum absolute atomic E-state index is 13.7. The molecule has 35 heavy (non-hydrogen) atoms. The van der Waals surface area contributed by atoms with Crippen LogP contribution in [0.3, 0.4) is 0 Å². The number of hydrogen-bond donors (Lipinski definition) is 1. The number of nitrogens with zero attached hydrogens (tertiary/aromatic N) is 2. The van der Waals surface area contributed by atoms with Crippen molar-refractivity contribution in [2.75, 3.05) is 10.8 Å². The zero-order chi connectivity index (χ0) is 24.5. The number of aromatic carboxylic acids is 1. The van der Waals surface area contributed by atoms with Crippen molar-refractivity contribution < 1.29 is 23.1 Å². The first-order valence-electron chi connectivity index (χ1n) is 11.2. The van der Waals surface area contributed by atoms with Crippen LogP contribution in [0.2, 0.25) is 0 Å². The summed E-state index contributed by atoms with van der Waals surface area (Å²) in [7, 11) is -3.87. The van der Waals surface area contributed by atoms with E-state index < -0.39 is 16.0 Å². The van der Waals surface area contributed by atoms with Gasteiger partial charge in [0.15, 0.2) is 0 Å². The molecule has 4 rings (SSSR count). The Kier molecular flexibility index (Phi) is 9.04. The molecular formula is C25H28N2NaO5S2. The molecule has 0 aliphatic heterocycles. The zero-order valence-electron chi connectivity index (χ0n) is 20.4. The number of rotatable bonds is 9. The number of carboxylic acid groups (broad SMARTS) is 1. The van der Waals surface area contributed by atoms with Crippen molar-refractivity contribution in [3.63, 3.8) is 0 Å². The molecular weight excluding hydrogens is 495 g/mol. The number of aromatic nitrogens is 1. The molecule has 0 amide bonds. The standard InChI is InChI=1S/C25H28N2O5S2.Na/c1-16(2)13-27(34(30,31)25-26-17(3)15-33-25)22-11-20-5-4-6-21(20)12-23(22)32-14-18-7-9-19(10-8-18)24(28)29;/h7-12,15-16H,4-6,13-14H2,1-3H3,(H,28,29);. The molecule has 0 atom stereocenters. The summed E-state index contributed by atoms with van der Waals surface area (Å²) in [5.74, 6) is -0.402. The molecule has 1 aliphatic carbocycles. The van der Waals surface area contributed by atoms with Gasteiger partial charge < -0.3 is 9.84 Å². The Morgan fingerprint density at radius 1 is 1.17 bits per heavy atom. The van der Waals surface area contributed by atoms with Gasteiger partial charge in [-0.15, -0.1) is 11.3 Å². The van der Waals surface area contributed by atoms with E-state index in [1.165, 1.54) is 22.0 Å². The van der Waals surface area contributed by atoms with Crippen LogP contribution in [0.5, 0.6) is 5.75 Å². The van der Waals surface area contributed by atoms with Crippen LogP contribution in [0.4, 0.5) is 5.69 Å². The van der Waals surface area contributed by atoms with Gasteiger partial charge in [-0.05, 0) is 73.1 Å². The van der Waals surface area contributed by atoms with E-state index in [1.54, 1.807) is 24.4 Å². The topological polar surface area (TPSA) is 96.8 Å². The monoisotopic (exact) mass is 523 g/mol. The molecule has 181 valence electrons. The Morgan fingerprint density at radius 2 is 1.83 bits per heavy atom. The van der Waals surface area contributed by atoms with Crippen molar-refractivity contribution >= 4 is 62.6 Å². The number of carboxylic acids is 1. The molecule has 0 bridgehead atoms. The summed E-state index contributed by atoms with van der Waals surface area (Å²) in [5.41, 5.74) is 4.51. The second kappa shape index (κ2) is 11.4. The fourth-order valence-corrected chi connectivity index (χ4v) is 6.77. The summed E-state index contributed by atoms with van der Waals surface area (Å²) in [5, 5.41) is 10.9. The SMILES string of the molecule is Cc1csc(S(=O)(=O)N(CC(C)C)c2cc3c(cc2OCc2ccc(C(=O)O)cc2)CCC3)n1.[Na]. The summed E-state index contributed by atoms with van der Waals surface area (Å²) in [6, 6.07) is 10.4. The van der Waals surface area contributed by atoms with E-state index in [4.69, 9.17) is 9.84 Å². The fourth-order valence-electron chi connectivity index (χ4n) is 4.01. The van der Waals surface area contributed by atoms with E-state index in [0.29, 0.717) is 23.7 Å². The van der Waals surface area contributed by atoms with Crippen LogP contribution in [-0.2, 0) is 29.5 Å². The van der Waals surface area contributed by atoms with Crippen molar-refractivity contribution in [3.05, 3.63) is 69.7 Å². The summed E-state index contributed by atoms with van der Waals surface area (Å²) < 4.78 is 35.0. The molecule has 1 radical (unpaired) electrons. The van der Waals surface area contributed by atoms with E-state index in [1.807, 2.05) is 26.0 Å². The van der Waals surface area contributed by atoms with Crippen molar-refractivity contribution in [1.29, 1.82) is 0 Å². The number of ether oxygens (including phenoxy) is 1. The number of fused-ring (bicyclic) bond motifs is 1. The number of anilines is 1. The van der Waals surface area contributed by atoms with Crippen molar-refractivity contribution in [1.82, 2.24) is 4.98 Å². The third kappa shape index (κ3) is 6.27. The van der Waals surface area contributed by atoms with Crippen molar-refractivity contribution in [2.24, 2.45) is 5.92 Å². The Morgan fingerprint density at radius 3 is 2.40 bits per heavy atom. The quantitative estimate of drug-likeness (QED) is 0.409. The van der Waals surface area contributed by atoms with Crippen LogP contribution in [0.1, 0.15) is 53.0 Å². The molecule has 0 unspecified atom stereocenters. The van der Waals surface area contributed by atoms with E-state index in [0.717, 1.165) is 41.7 Å². The first kappa shape index (κ1) is 27.7. The summed E-state index contributed by atoms with van der Waals surface area (Å²) in [6.07, 6.45) is 2.87. The first-order chi connectivity index (χ1) is 16.1. The van der Waals surface area contributed by atoms with Gasteiger partial charge in [0, 0.05) is 47.2 Å². The normalized spacial score (nSPS) is 12.8. The van der Waals surface area contributed by atoms with Crippen LogP contribution in [0.15, 0.2) is 46.1 Å². The molecule has 10 heteroatoms. The summed E-state index contributed by atoms with van der Waals surface area (Å²) >= 11 is 1.12. The molecule has 1 aliphatic rings. The predicted octanol–water partition coefficient (Wildman–Crippen LogP) is 4.69. The molecule has 0 saturated heterocycles. The summed E-state index contributed by atoms with van der Waals surface area (Å²) in [4.78, 5) is 15.4.